The second-order valence-electron chi connectivity index (χ2n) is 5.28. The Morgan fingerprint density at radius 1 is 1.50 bits per heavy atom. The van der Waals surface area contributed by atoms with Gasteiger partial charge in [0.1, 0.15) is 5.54 Å². The molecule has 2 unspecified atom stereocenters. The average Bonchev–Trinajstić information content (AvgIpc) is 2.94. The van der Waals surface area contributed by atoms with Crippen molar-refractivity contribution in [3.8, 4) is 0 Å². The lowest BCUT2D eigenvalue weighted by Gasteiger charge is -2.28. The van der Waals surface area contributed by atoms with Crippen molar-refractivity contribution >= 4 is 5.97 Å². The zero-order valence-corrected chi connectivity index (χ0v) is 10.2. The van der Waals surface area contributed by atoms with Crippen molar-refractivity contribution in [2.75, 3.05) is 13.6 Å². The molecule has 0 amide bonds. The number of rotatable bonds is 5. The summed E-state index contributed by atoms with van der Waals surface area (Å²) in [6, 6.07) is 0.883. The minimum atomic E-state index is -0.661. The molecule has 2 saturated carbocycles. The molecule has 2 aliphatic rings. The summed E-state index contributed by atoms with van der Waals surface area (Å²) in [5.74, 6) is -0.661. The highest BCUT2D eigenvalue weighted by molar-refractivity contribution is 5.79. The van der Waals surface area contributed by atoms with Crippen molar-refractivity contribution in [1.82, 2.24) is 10.2 Å². The van der Waals surface area contributed by atoms with Crippen LogP contribution in [0.15, 0.2) is 0 Å². The van der Waals surface area contributed by atoms with Crippen molar-refractivity contribution in [3.63, 3.8) is 0 Å². The minimum Gasteiger partial charge on any atom is -0.480 e. The van der Waals surface area contributed by atoms with Gasteiger partial charge in [-0.3, -0.25) is 10.1 Å². The normalized spacial score (nSPS) is 34.6. The lowest BCUT2D eigenvalue weighted by Crippen LogP contribution is -2.52. The Hall–Kier alpha value is -0.610. The Kier molecular flexibility index (Phi) is 3.22. The summed E-state index contributed by atoms with van der Waals surface area (Å²) in [4.78, 5) is 13.7. The first kappa shape index (κ1) is 11.9. The maximum absolute atomic E-state index is 11.5. The summed E-state index contributed by atoms with van der Waals surface area (Å²) >= 11 is 0. The number of hydrogen-bond acceptors (Lipinski definition) is 3. The van der Waals surface area contributed by atoms with Gasteiger partial charge in [0.25, 0.3) is 0 Å². The van der Waals surface area contributed by atoms with Gasteiger partial charge in [-0.15, -0.1) is 0 Å². The number of nitrogens with one attached hydrogen (secondary N) is 1. The highest BCUT2D eigenvalue weighted by Crippen LogP contribution is 2.36. The first-order chi connectivity index (χ1) is 7.57. The molecule has 0 spiro atoms. The molecule has 0 aromatic heterocycles. The van der Waals surface area contributed by atoms with Crippen LogP contribution < -0.4 is 5.32 Å². The third-order valence-corrected chi connectivity index (χ3v) is 4.08. The van der Waals surface area contributed by atoms with Crippen LogP contribution in [-0.2, 0) is 4.79 Å². The Labute approximate surface area is 97.0 Å². The maximum Gasteiger partial charge on any atom is 0.323 e. The van der Waals surface area contributed by atoms with Crippen molar-refractivity contribution in [2.45, 2.75) is 56.7 Å². The summed E-state index contributed by atoms with van der Waals surface area (Å²) < 4.78 is 0. The van der Waals surface area contributed by atoms with Crippen molar-refractivity contribution in [3.05, 3.63) is 0 Å². The highest BCUT2D eigenvalue weighted by Gasteiger charge is 2.48. The van der Waals surface area contributed by atoms with Gasteiger partial charge in [0.05, 0.1) is 0 Å². The van der Waals surface area contributed by atoms with E-state index in [2.05, 4.69) is 24.2 Å². The van der Waals surface area contributed by atoms with Gasteiger partial charge in [-0.1, -0.05) is 6.92 Å². The van der Waals surface area contributed by atoms with E-state index in [-0.39, 0.29) is 0 Å². The summed E-state index contributed by atoms with van der Waals surface area (Å²) in [6.07, 6.45) is 4.81. The molecule has 2 N–H and O–H groups in total. The Morgan fingerprint density at radius 3 is 2.69 bits per heavy atom. The second kappa shape index (κ2) is 4.34. The van der Waals surface area contributed by atoms with Gasteiger partial charge in [-0.25, -0.2) is 0 Å². The summed E-state index contributed by atoms with van der Waals surface area (Å²) in [5, 5.41) is 12.8. The molecule has 0 bridgehead atoms. The van der Waals surface area contributed by atoms with Crippen molar-refractivity contribution < 1.29 is 9.90 Å². The molecule has 4 heteroatoms. The van der Waals surface area contributed by atoms with Gasteiger partial charge in [0, 0.05) is 12.1 Å². The summed E-state index contributed by atoms with van der Waals surface area (Å²) in [7, 11) is 2.08. The van der Waals surface area contributed by atoms with Gasteiger partial charge in [-0.05, 0) is 45.7 Å². The van der Waals surface area contributed by atoms with E-state index < -0.39 is 11.5 Å². The van der Waals surface area contributed by atoms with Crippen LogP contribution in [0.4, 0.5) is 0 Å². The van der Waals surface area contributed by atoms with Gasteiger partial charge in [0.15, 0.2) is 0 Å². The Morgan fingerprint density at radius 2 is 2.19 bits per heavy atom. The number of hydrogen-bond donors (Lipinski definition) is 2. The fourth-order valence-corrected chi connectivity index (χ4v) is 2.66. The molecule has 4 nitrogen and oxygen atoms in total. The zero-order chi connectivity index (χ0) is 11.8. The number of carboxylic acids is 1. The molecular weight excluding hydrogens is 204 g/mol. The molecule has 2 aliphatic carbocycles. The van der Waals surface area contributed by atoms with E-state index in [9.17, 15) is 9.90 Å². The predicted octanol–water partition coefficient (Wildman–Crippen LogP) is 1.07. The maximum atomic E-state index is 11.5. The van der Waals surface area contributed by atoms with Crippen LogP contribution in [0.5, 0.6) is 0 Å². The Bertz CT molecular complexity index is 278. The van der Waals surface area contributed by atoms with E-state index >= 15 is 0 Å². The van der Waals surface area contributed by atoms with Crippen LogP contribution in [-0.4, -0.2) is 47.2 Å². The summed E-state index contributed by atoms with van der Waals surface area (Å²) in [5.41, 5.74) is -0.644. The van der Waals surface area contributed by atoms with Gasteiger partial charge in [-0.2, -0.15) is 0 Å². The topological polar surface area (TPSA) is 52.6 Å². The molecule has 0 heterocycles. The van der Waals surface area contributed by atoms with E-state index in [4.69, 9.17) is 0 Å². The summed E-state index contributed by atoms with van der Waals surface area (Å²) in [6.45, 7) is 3.11. The van der Waals surface area contributed by atoms with Gasteiger partial charge in [0.2, 0.25) is 0 Å². The fraction of sp³-hybridized carbons (Fsp3) is 0.917. The molecule has 0 radical (unpaired) electrons. The predicted molar refractivity (Wildman–Crippen MR) is 62.5 cm³/mol. The second-order valence-corrected chi connectivity index (χ2v) is 5.28. The molecule has 0 aromatic rings. The third kappa shape index (κ3) is 2.23. The lowest BCUT2D eigenvalue weighted by atomic mass is 9.97. The van der Waals surface area contributed by atoms with Crippen LogP contribution in [0.2, 0.25) is 0 Å². The standard InChI is InChI=1S/C12H22N2O2/c1-3-14(2)10-6-7-12(8-10,11(15)16)13-9-4-5-9/h9-10,13H,3-8H2,1-2H3,(H,15,16). The molecule has 0 aliphatic heterocycles. The monoisotopic (exact) mass is 226 g/mol. The third-order valence-electron chi connectivity index (χ3n) is 4.08. The molecule has 2 rings (SSSR count). The fourth-order valence-electron chi connectivity index (χ4n) is 2.66. The van der Waals surface area contributed by atoms with Gasteiger partial charge < -0.3 is 10.0 Å². The lowest BCUT2D eigenvalue weighted by molar-refractivity contribution is -0.145. The average molecular weight is 226 g/mol. The molecule has 2 fully saturated rings. The number of carboxylic acid groups (broad SMARTS) is 1. The quantitative estimate of drug-likeness (QED) is 0.736. The number of carbonyl (C=O) groups is 1. The van der Waals surface area contributed by atoms with Crippen molar-refractivity contribution in [2.24, 2.45) is 0 Å². The van der Waals surface area contributed by atoms with Crippen LogP contribution in [0.1, 0.15) is 39.0 Å². The number of aliphatic carboxylic acids is 1. The largest absolute Gasteiger partial charge is 0.480 e. The Balaban J connectivity index is 2.01. The van der Waals surface area contributed by atoms with Crippen molar-refractivity contribution in [1.29, 1.82) is 0 Å². The number of nitrogens with zero attached hydrogens (tertiary/aromatic N) is 1. The highest BCUT2D eigenvalue weighted by atomic mass is 16.4. The van der Waals surface area contributed by atoms with E-state index in [1.807, 2.05) is 0 Å². The molecule has 16 heavy (non-hydrogen) atoms. The minimum absolute atomic E-state index is 0.423. The van der Waals surface area contributed by atoms with Crippen LogP contribution in [0.25, 0.3) is 0 Å². The molecule has 0 saturated heterocycles. The SMILES string of the molecule is CCN(C)C1CCC(NC2CC2)(C(=O)O)C1. The van der Waals surface area contributed by atoms with Crippen LogP contribution in [0, 0.1) is 0 Å². The molecule has 2 atom stereocenters. The van der Waals surface area contributed by atoms with E-state index in [0.29, 0.717) is 12.1 Å². The van der Waals surface area contributed by atoms with E-state index in [1.54, 1.807) is 0 Å². The first-order valence-electron chi connectivity index (χ1n) is 6.29. The smallest absolute Gasteiger partial charge is 0.323 e. The molecular formula is C12H22N2O2. The van der Waals surface area contributed by atoms with Crippen LogP contribution in [0.3, 0.4) is 0 Å². The van der Waals surface area contributed by atoms with Gasteiger partial charge >= 0.3 is 5.97 Å². The van der Waals surface area contributed by atoms with Crippen LogP contribution >= 0.6 is 0 Å². The molecule has 0 aromatic carbocycles. The van der Waals surface area contributed by atoms with E-state index in [1.165, 1.54) is 0 Å². The van der Waals surface area contributed by atoms with E-state index in [0.717, 1.165) is 38.6 Å². The zero-order valence-electron chi connectivity index (χ0n) is 10.2. The molecule has 92 valence electrons. The first-order valence-corrected chi connectivity index (χ1v) is 6.29.